The maximum atomic E-state index is 14.5. The van der Waals surface area contributed by atoms with Crippen LogP contribution in [-0.4, -0.2) is 105 Å². The molecule has 0 bridgehead atoms. The first kappa shape index (κ1) is 54.7. The minimum absolute atomic E-state index is 0.0235. The van der Waals surface area contributed by atoms with Gasteiger partial charge in [0.2, 0.25) is 5.91 Å². The number of aryl methyl sites for hydroxylation is 1. The number of nitrogens with zero attached hydrogens (tertiary/aromatic N) is 6. The topological polar surface area (TPSA) is 225 Å². The normalized spacial score (nSPS) is 12.9. The van der Waals surface area contributed by atoms with Gasteiger partial charge in [0, 0.05) is 68.9 Å². The third-order valence-electron chi connectivity index (χ3n) is 10.7. The molecule has 370 valence electrons. The van der Waals surface area contributed by atoms with E-state index in [2.05, 4.69) is 28.8 Å². The van der Waals surface area contributed by atoms with Crippen LogP contribution in [0.3, 0.4) is 0 Å². The van der Waals surface area contributed by atoms with Gasteiger partial charge in [0.05, 0.1) is 37.4 Å². The summed E-state index contributed by atoms with van der Waals surface area (Å²) in [4.78, 5) is 75.1. The first-order valence-electron chi connectivity index (χ1n) is 21.7. The van der Waals surface area contributed by atoms with E-state index < -0.39 is 35.6 Å². The molecule has 0 aliphatic carbocycles. The number of aromatic nitrogens is 4. The fourth-order valence-corrected chi connectivity index (χ4v) is 7.95. The van der Waals surface area contributed by atoms with E-state index in [1.165, 1.54) is 36.0 Å². The van der Waals surface area contributed by atoms with Crippen molar-refractivity contribution in [2.45, 2.75) is 101 Å². The van der Waals surface area contributed by atoms with E-state index in [9.17, 15) is 46.3 Å². The van der Waals surface area contributed by atoms with Crippen LogP contribution in [-0.2, 0) is 62.5 Å². The lowest BCUT2D eigenvalue weighted by Crippen LogP contribution is -2.49. The number of aliphatic carboxylic acids is 4. The molecule has 1 aliphatic rings. The first-order chi connectivity index (χ1) is 32.6. The number of halogens is 4. The molecule has 0 spiro atoms. The molecule has 0 atom stereocenters. The molecule has 3 heterocycles. The summed E-state index contributed by atoms with van der Waals surface area (Å²) in [6, 6.07) is 19.1. The van der Waals surface area contributed by atoms with Crippen molar-refractivity contribution in [3.8, 4) is 11.1 Å². The number of piperidine rings is 1. The highest BCUT2D eigenvalue weighted by molar-refractivity contribution is 7.98. The number of thioether (sulfide) groups is 1. The van der Waals surface area contributed by atoms with Gasteiger partial charge < -0.3 is 34.8 Å². The molecule has 0 unspecified atom stereocenters. The third kappa shape index (κ3) is 18.6. The number of rotatable bonds is 18. The molecule has 0 radical (unpaired) electrons. The van der Waals surface area contributed by atoms with E-state index in [-0.39, 0.29) is 55.6 Å². The van der Waals surface area contributed by atoms with Crippen LogP contribution in [0.4, 0.5) is 17.6 Å². The van der Waals surface area contributed by atoms with Crippen molar-refractivity contribution in [1.29, 1.82) is 0 Å². The average Bonchev–Trinajstić information content (AvgIpc) is 3.72. The molecule has 3 aromatic carbocycles. The molecule has 4 N–H and O–H groups in total. The Hall–Kier alpha value is -6.87. The number of benzene rings is 3. The molecule has 0 saturated carbocycles. The summed E-state index contributed by atoms with van der Waals surface area (Å²) in [5.41, 5.74) is 3.37. The number of carbonyl (C=O) groups excluding carboxylic acids is 1. The zero-order chi connectivity index (χ0) is 50.8. The Morgan fingerprint density at radius 1 is 0.754 bits per heavy atom. The summed E-state index contributed by atoms with van der Waals surface area (Å²) in [5, 5.41) is 36.2. The van der Waals surface area contributed by atoms with Gasteiger partial charge in [-0.3, -0.25) is 33.4 Å². The van der Waals surface area contributed by atoms with Gasteiger partial charge in [-0.1, -0.05) is 60.3 Å². The Morgan fingerprint density at radius 3 is 1.72 bits per heavy atom. The van der Waals surface area contributed by atoms with E-state index in [1.807, 2.05) is 35.4 Å². The van der Waals surface area contributed by atoms with Crippen LogP contribution in [0, 0.1) is 5.82 Å². The first-order valence-corrected chi connectivity index (χ1v) is 22.7. The zero-order valence-electron chi connectivity index (χ0n) is 38.1. The number of hydrogen-bond acceptors (Lipinski definition) is 10. The monoisotopic (exact) mass is 982 g/mol. The summed E-state index contributed by atoms with van der Waals surface area (Å²) in [7, 11) is 1.80. The Balaban J connectivity index is 0.000000555. The van der Waals surface area contributed by atoms with Crippen LogP contribution in [0.15, 0.2) is 101 Å². The van der Waals surface area contributed by atoms with Crippen molar-refractivity contribution in [3.63, 3.8) is 0 Å². The molecule has 5 aromatic rings. The van der Waals surface area contributed by atoms with Crippen LogP contribution in [0.5, 0.6) is 0 Å². The quantitative estimate of drug-likeness (QED) is 0.0380. The fourth-order valence-electron chi connectivity index (χ4n) is 7.03. The summed E-state index contributed by atoms with van der Waals surface area (Å²) in [5.74, 6) is -4.35. The zero-order valence-corrected chi connectivity index (χ0v) is 39.0. The lowest BCUT2D eigenvalue weighted by atomic mass is 9.99. The molecular weight excluding hydrogens is 929 g/mol. The van der Waals surface area contributed by atoms with Gasteiger partial charge in [-0.25, -0.2) is 4.39 Å². The van der Waals surface area contributed by atoms with Gasteiger partial charge in [0.25, 0.3) is 5.56 Å². The largest absolute Gasteiger partial charge is 0.481 e. The molecule has 1 fully saturated rings. The highest BCUT2D eigenvalue weighted by atomic mass is 32.2. The van der Waals surface area contributed by atoms with Crippen molar-refractivity contribution in [1.82, 2.24) is 29.1 Å². The predicted octanol–water partition coefficient (Wildman–Crippen LogP) is 7.46. The molecule has 1 amide bonds. The second-order valence-electron chi connectivity index (χ2n) is 16.3. The molecule has 1 saturated heterocycles. The van der Waals surface area contributed by atoms with E-state index >= 15 is 0 Å². The number of carboxylic acid groups (broad SMARTS) is 4. The molecule has 1 aliphatic heterocycles. The van der Waals surface area contributed by atoms with Crippen molar-refractivity contribution >= 4 is 41.5 Å². The van der Waals surface area contributed by atoms with E-state index in [0.717, 1.165) is 60.3 Å². The van der Waals surface area contributed by atoms with Gasteiger partial charge in [-0.2, -0.15) is 23.3 Å². The third-order valence-corrected chi connectivity index (χ3v) is 11.8. The summed E-state index contributed by atoms with van der Waals surface area (Å²) in [6.45, 7) is 6.33. The second kappa shape index (κ2) is 26.0. The van der Waals surface area contributed by atoms with Crippen LogP contribution in [0.1, 0.15) is 80.2 Å². The summed E-state index contributed by atoms with van der Waals surface area (Å²) >= 11 is 1.31. The predicted molar refractivity (Wildman–Crippen MR) is 247 cm³/mol. The Morgan fingerprint density at radius 2 is 1.26 bits per heavy atom. The van der Waals surface area contributed by atoms with Crippen molar-refractivity contribution in [3.05, 3.63) is 135 Å². The highest BCUT2D eigenvalue weighted by Crippen LogP contribution is 2.31. The Kier molecular flexibility index (Phi) is 20.7. The molecule has 2 aromatic heterocycles. The van der Waals surface area contributed by atoms with Crippen LogP contribution in [0.2, 0.25) is 0 Å². The van der Waals surface area contributed by atoms with Gasteiger partial charge in [-0.05, 0) is 78.8 Å². The number of carbonyl (C=O) groups is 5. The van der Waals surface area contributed by atoms with Gasteiger partial charge in [0.15, 0.2) is 5.16 Å². The number of carboxylic acids is 4. The molecular formula is C48H54F4N6O10S. The highest BCUT2D eigenvalue weighted by Gasteiger charge is 2.31. The van der Waals surface area contributed by atoms with Gasteiger partial charge in [0.1, 0.15) is 12.4 Å². The van der Waals surface area contributed by atoms with E-state index in [1.54, 1.807) is 40.8 Å². The Labute approximate surface area is 399 Å². The second-order valence-corrected chi connectivity index (χ2v) is 17.3. The lowest BCUT2D eigenvalue weighted by molar-refractivity contribution is -0.143. The van der Waals surface area contributed by atoms with E-state index in [4.69, 9.17) is 20.4 Å². The van der Waals surface area contributed by atoms with Crippen LogP contribution < -0.4 is 5.56 Å². The minimum Gasteiger partial charge on any atom is -0.481 e. The SMILES string of the molecule is CC(C)N1CCC(N(Cc2ccc(-c3ccc(C(F)(F)F)cc3)cc2)C(=O)Cn2cc(Cc3cnn(C)c3)c(=O)nc2SCc2ccc(F)cc2)CC1.O=C(O)CCC(=O)O.O=C(O)CCC(=O)O. The number of amides is 1. The van der Waals surface area contributed by atoms with E-state index in [0.29, 0.717) is 41.0 Å². The summed E-state index contributed by atoms with van der Waals surface area (Å²) in [6.07, 6.45) is 1.56. The van der Waals surface area contributed by atoms with Gasteiger partial charge >= 0.3 is 30.1 Å². The smallest absolute Gasteiger partial charge is 0.416 e. The van der Waals surface area contributed by atoms with Crippen molar-refractivity contribution in [2.24, 2.45) is 7.05 Å². The Bertz CT molecular complexity index is 2510. The molecule has 21 heteroatoms. The molecule has 16 nitrogen and oxygen atoms in total. The lowest BCUT2D eigenvalue weighted by Gasteiger charge is -2.40. The standard InChI is InChI=1S/C40H42F4N6O2S.2C4H6O4/c1-27(2)48-18-16-36(17-19-48)50(23-28-4-8-31(9-5-28)32-10-12-34(13-11-32)40(42,43)44)37(51)25-49-24-33(20-30-21-45-47(3)22-30)38(52)46-39(49)53-26-29-6-14-35(41)15-7-29;2*5-3(6)1-2-4(7)8/h4-15,21-22,24,27,36H,16-20,23,25-26H2,1-3H3;2*1-2H2,(H,5,6)(H,7,8). The number of likely N-dealkylation sites (tertiary alicyclic amines) is 1. The fraction of sp³-hybridized carbons (Fsp3) is 0.375. The maximum Gasteiger partial charge on any atom is 0.416 e. The van der Waals surface area contributed by atoms with Gasteiger partial charge in [-0.15, -0.1) is 0 Å². The molecule has 6 rings (SSSR count). The molecule has 69 heavy (non-hydrogen) atoms. The van der Waals surface area contributed by atoms with Crippen molar-refractivity contribution in [2.75, 3.05) is 13.1 Å². The van der Waals surface area contributed by atoms with Crippen LogP contribution >= 0.6 is 11.8 Å². The van der Waals surface area contributed by atoms with Crippen LogP contribution in [0.25, 0.3) is 11.1 Å². The number of alkyl halides is 3. The number of hydrogen-bond donors (Lipinski definition) is 4. The minimum atomic E-state index is -4.40. The summed E-state index contributed by atoms with van der Waals surface area (Å²) < 4.78 is 56.3. The maximum absolute atomic E-state index is 14.5. The average molecular weight is 983 g/mol. The van der Waals surface area contributed by atoms with Crippen molar-refractivity contribution < 1.29 is 62.0 Å².